The molecule has 1 unspecified atom stereocenters. The van der Waals surface area contributed by atoms with Crippen molar-refractivity contribution in [1.82, 2.24) is 15.2 Å². The summed E-state index contributed by atoms with van der Waals surface area (Å²) in [5.41, 5.74) is 3.05. The molecule has 3 N–H and O–H groups in total. The number of nitrogens with one attached hydrogen (secondary N) is 2. The number of fused-ring (bicyclic) bond motifs is 3. The van der Waals surface area contributed by atoms with E-state index in [1.807, 2.05) is 41.9 Å². The van der Waals surface area contributed by atoms with E-state index in [0.29, 0.717) is 11.5 Å². The molecule has 2 aromatic carbocycles. The molecule has 2 fully saturated rings. The molecule has 1 aromatic heterocycles. The third-order valence-electron chi connectivity index (χ3n) is 8.11. The zero-order valence-electron chi connectivity index (χ0n) is 19.7. The summed E-state index contributed by atoms with van der Waals surface area (Å²) in [7, 11) is 0. The van der Waals surface area contributed by atoms with Gasteiger partial charge in [-0.15, -0.1) is 11.3 Å². The Bertz CT molecular complexity index is 1150. The molecule has 1 amide bonds. The van der Waals surface area contributed by atoms with Crippen molar-refractivity contribution in [3.8, 4) is 0 Å². The highest BCUT2D eigenvalue weighted by atomic mass is 32.1. The summed E-state index contributed by atoms with van der Waals surface area (Å²) in [4.78, 5) is 19.9. The fourth-order valence-corrected chi connectivity index (χ4v) is 7.24. The molecule has 3 heterocycles. The summed E-state index contributed by atoms with van der Waals surface area (Å²) in [6.07, 6.45) is 6.26. The van der Waals surface area contributed by atoms with Gasteiger partial charge in [-0.05, 0) is 43.0 Å². The standard InChI is InChI=1S/C28H32N4O2S/c33-26(18-8-2-1-3-9-18)31-23-13-7-5-11-20(23)28(34)32-16-14-21-24(27-29-15-17-35-27)30-22-12-6-4-10-19(22)25(21)32/h1-4,6,8-10,12,15,17,20-21,23-25,28,30,34H,5,7,11,13-14,16H2,(H,31,33)/t20-,21+,23+,24+,25-,28?/m0/s1. The number of likely N-dealkylation sites (tertiary alicyclic amines) is 1. The van der Waals surface area contributed by atoms with E-state index in [1.54, 1.807) is 11.3 Å². The minimum atomic E-state index is -0.602. The number of rotatable bonds is 5. The second kappa shape index (κ2) is 9.72. The van der Waals surface area contributed by atoms with Crippen molar-refractivity contribution in [2.75, 3.05) is 11.9 Å². The van der Waals surface area contributed by atoms with Crippen molar-refractivity contribution < 1.29 is 9.90 Å². The zero-order valence-corrected chi connectivity index (χ0v) is 20.5. The fourth-order valence-electron chi connectivity index (χ4n) is 6.47. The molecular weight excluding hydrogens is 456 g/mol. The molecule has 2 aliphatic heterocycles. The van der Waals surface area contributed by atoms with Gasteiger partial charge in [-0.25, -0.2) is 4.98 Å². The summed E-state index contributed by atoms with van der Waals surface area (Å²) in [5.74, 6) is 0.298. The van der Waals surface area contributed by atoms with Gasteiger partial charge in [0.15, 0.2) is 0 Å². The lowest BCUT2D eigenvalue weighted by molar-refractivity contribution is -0.0720. The van der Waals surface area contributed by atoms with E-state index in [1.165, 1.54) is 5.56 Å². The molecule has 1 saturated heterocycles. The normalized spacial score (nSPS) is 29.0. The number of aliphatic hydroxyl groups excluding tert-OH is 1. The Labute approximate surface area is 210 Å². The lowest BCUT2D eigenvalue weighted by Crippen LogP contribution is -2.52. The van der Waals surface area contributed by atoms with Gasteiger partial charge in [0.25, 0.3) is 5.91 Å². The van der Waals surface area contributed by atoms with Gasteiger partial charge in [-0.1, -0.05) is 49.2 Å². The van der Waals surface area contributed by atoms with Crippen molar-refractivity contribution in [1.29, 1.82) is 0 Å². The van der Waals surface area contributed by atoms with Gasteiger partial charge in [0.2, 0.25) is 0 Å². The van der Waals surface area contributed by atoms with Crippen LogP contribution < -0.4 is 10.6 Å². The van der Waals surface area contributed by atoms with Crippen LogP contribution in [0, 0.1) is 11.8 Å². The van der Waals surface area contributed by atoms with Gasteiger partial charge in [-0.2, -0.15) is 0 Å². The highest BCUT2D eigenvalue weighted by Gasteiger charge is 2.49. The Kier molecular flexibility index (Phi) is 6.31. The van der Waals surface area contributed by atoms with E-state index >= 15 is 0 Å². The molecule has 6 nitrogen and oxygen atoms in total. The molecule has 1 saturated carbocycles. The summed E-state index contributed by atoms with van der Waals surface area (Å²) in [5, 5.41) is 22.0. The monoisotopic (exact) mass is 488 g/mol. The smallest absolute Gasteiger partial charge is 0.251 e. The third kappa shape index (κ3) is 4.26. The molecule has 35 heavy (non-hydrogen) atoms. The van der Waals surface area contributed by atoms with Crippen molar-refractivity contribution in [3.63, 3.8) is 0 Å². The van der Waals surface area contributed by atoms with Crippen molar-refractivity contribution in [2.24, 2.45) is 11.8 Å². The van der Waals surface area contributed by atoms with Crippen LogP contribution in [0.1, 0.15) is 65.1 Å². The number of anilines is 1. The summed E-state index contributed by atoms with van der Waals surface area (Å²) in [6, 6.07) is 18.1. The largest absolute Gasteiger partial charge is 0.378 e. The van der Waals surface area contributed by atoms with Crippen LogP contribution in [0.25, 0.3) is 0 Å². The Morgan fingerprint density at radius 3 is 2.71 bits per heavy atom. The number of thiazole rings is 1. The van der Waals surface area contributed by atoms with Gasteiger partial charge >= 0.3 is 0 Å². The molecule has 6 atom stereocenters. The first-order valence-corrected chi connectivity index (χ1v) is 13.6. The van der Waals surface area contributed by atoms with E-state index in [-0.39, 0.29) is 30.0 Å². The minimum Gasteiger partial charge on any atom is -0.378 e. The Balaban J connectivity index is 1.27. The lowest BCUT2D eigenvalue weighted by Gasteiger charge is -2.44. The van der Waals surface area contributed by atoms with Crippen LogP contribution in [-0.2, 0) is 0 Å². The van der Waals surface area contributed by atoms with Gasteiger partial charge < -0.3 is 15.7 Å². The number of aromatic nitrogens is 1. The number of amides is 1. The number of nitrogens with zero attached hydrogens (tertiary/aromatic N) is 2. The molecule has 0 radical (unpaired) electrons. The maximum atomic E-state index is 12.9. The first-order chi connectivity index (χ1) is 17.2. The van der Waals surface area contributed by atoms with Crippen LogP contribution in [0.4, 0.5) is 5.69 Å². The van der Waals surface area contributed by atoms with E-state index in [2.05, 4.69) is 44.8 Å². The minimum absolute atomic E-state index is 0.00974. The number of para-hydroxylation sites is 1. The predicted octanol–water partition coefficient (Wildman–Crippen LogP) is 4.98. The number of carbonyl (C=O) groups excluding carboxylic acids is 1. The molecule has 0 bridgehead atoms. The third-order valence-corrected chi connectivity index (χ3v) is 8.97. The molecule has 7 heteroatoms. The Morgan fingerprint density at radius 2 is 1.89 bits per heavy atom. The number of hydrogen-bond donors (Lipinski definition) is 3. The lowest BCUT2D eigenvalue weighted by atomic mass is 9.80. The number of aliphatic hydroxyl groups is 1. The van der Waals surface area contributed by atoms with Crippen molar-refractivity contribution in [3.05, 3.63) is 82.3 Å². The number of hydrogen-bond acceptors (Lipinski definition) is 6. The Morgan fingerprint density at radius 1 is 1.09 bits per heavy atom. The van der Waals surface area contributed by atoms with Crippen LogP contribution in [0.5, 0.6) is 0 Å². The summed E-state index contributed by atoms with van der Waals surface area (Å²) in [6.45, 7) is 0.838. The number of benzene rings is 2. The van der Waals surface area contributed by atoms with Crippen LogP contribution in [-0.4, -0.2) is 39.7 Å². The number of carbonyl (C=O) groups is 1. The van der Waals surface area contributed by atoms with Gasteiger partial charge in [0.1, 0.15) is 11.2 Å². The van der Waals surface area contributed by atoms with Crippen LogP contribution >= 0.6 is 11.3 Å². The molecule has 1 aliphatic carbocycles. The van der Waals surface area contributed by atoms with E-state index in [4.69, 9.17) is 0 Å². The first kappa shape index (κ1) is 22.7. The molecule has 3 aliphatic rings. The highest BCUT2D eigenvalue weighted by Crippen LogP contribution is 2.52. The second-order valence-corrected chi connectivity index (χ2v) is 10.9. The van der Waals surface area contributed by atoms with Gasteiger partial charge in [-0.3, -0.25) is 9.69 Å². The SMILES string of the molecule is O=C(N[C@@H]1CCCC[C@@H]1C(O)N1CC[C@@H]2[C@H](c3nccs3)Nc3ccccc3[C@@H]21)c1ccccc1. The van der Waals surface area contributed by atoms with E-state index < -0.39 is 6.23 Å². The Hall–Kier alpha value is -2.74. The maximum absolute atomic E-state index is 12.9. The average Bonchev–Trinajstić information content (AvgIpc) is 3.60. The molecule has 182 valence electrons. The predicted molar refractivity (Wildman–Crippen MR) is 138 cm³/mol. The van der Waals surface area contributed by atoms with Gasteiger partial charge in [0, 0.05) is 53.3 Å². The quantitative estimate of drug-likeness (QED) is 0.472. The van der Waals surface area contributed by atoms with E-state index in [9.17, 15) is 9.90 Å². The highest BCUT2D eigenvalue weighted by molar-refractivity contribution is 7.09. The molecule has 6 rings (SSSR count). The van der Waals surface area contributed by atoms with E-state index in [0.717, 1.165) is 49.3 Å². The van der Waals surface area contributed by atoms with Crippen molar-refractivity contribution in [2.45, 2.75) is 56.5 Å². The van der Waals surface area contributed by atoms with Crippen LogP contribution in [0.15, 0.2) is 66.2 Å². The maximum Gasteiger partial charge on any atom is 0.251 e. The average molecular weight is 489 g/mol. The van der Waals surface area contributed by atoms with Crippen LogP contribution in [0.3, 0.4) is 0 Å². The summed E-state index contributed by atoms with van der Waals surface area (Å²) >= 11 is 1.69. The molecular formula is C28H32N4O2S. The zero-order chi connectivity index (χ0) is 23.8. The first-order valence-electron chi connectivity index (χ1n) is 12.8. The van der Waals surface area contributed by atoms with Gasteiger partial charge in [0.05, 0.1) is 6.04 Å². The fraction of sp³-hybridized carbons (Fsp3) is 0.429. The topological polar surface area (TPSA) is 77.5 Å². The summed E-state index contributed by atoms with van der Waals surface area (Å²) < 4.78 is 0. The van der Waals surface area contributed by atoms with Crippen molar-refractivity contribution >= 4 is 22.9 Å². The molecule has 3 aromatic rings. The molecule has 0 spiro atoms. The second-order valence-electron chi connectivity index (χ2n) is 10.0. The van der Waals surface area contributed by atoms with Crippen LogP contribution in [0.2, 0.25) is 0 Å².